The average molecular weight is 447 g/mol. The lowest BCUT2D eigenvalue weighted by atomic mass is 10.1. The van der Waals surface area contributed by atoms with Crippen LogP contribution in [0.4, 0.5) is 10.1 Å². The summed E-state index contributed by atoms with van der Waals surface area (Å²) in [6, 6.07) is 9.87. The zero-order valence-corrected chi connectivity index (χ0v) is 17.9. The van der Waals surface area contributed by atoms with Gasteiger partial charge in [-0.2, -0.15) is 4.31 Å². The van der Waals surface area contributed by atoms with Crippen LogP contribution in [0.2, 0.25) is 0 Å². The van der Waals surface area contributed by atoms with Gasteiger partial charge in [0.25, 0.3) is 5.69 Å². The molecule has 0 N–H and O–H groups in total. The van der Waals surface area contributed by atoms with Crippen molar-refractivity contribution in [1.82, 2.24) is 9.21 Å². The predicted octanol–water partition coefficient (Wildman–Crippen LogP) is 2.98. The van der Waals surface area contributed by atoms with E-state index in [1.807, 2.05) is 0 Å². The quantitative estimate of drug-likeness (QED) is 0.398. The van der Waals surface area contributed by atoms with E-state index in [-0.39, 0.29) is 42.7 Å². The van der Waals surface area contributed by atoms with E-state index in [0.717, 1.165) is 6.07 Å². The molecule has 1 heterocycles. The molecular weight excluding hydrogens is 425 g/mol. The molecule has 1 fully saturated rings. The maximum atomic E-state index is 13.9. The number of aryl methyl sites for hydroxylation is 1. The van der Waals surface area contributed by atoms with Crippen molar-refractivity contribution >= 4 is 27.2 Å². The monoisotopic (exact) mass is 447 g/mol. The molecule has 0 atom stereocenters. The molecule has 31 heavy (non-hydrogen) atoms. The minimum Gasteiger partial charge on any atom is -0.337 e. The zero-order chi connectivity index (χ0) is 22.8. The highest BCUT2D eigenvalue weighted by Crippen LogP contribution is 2.26. The van der Waals surface area contributed by atoms with Crippen LogP contribution in [0.5, 0.6) is 0 Å². The third-order valence-corrected chi connectivity index (χ3v) is 7.23. The highest BCUT2D eigenvalue weighted by atomic mass is 32.2. The Morgan fingerprint density at radius 2 is 1.77 bits per heavy atom. The molecule has 1 aliphatic rings. The summed E-state index contributed by atoms with van der Waals surface area (Å²) in [6.45, 7) is 3.65. The molecule has 0 radical (unpaired) electrons. The third-order valence-electron chi connectivity index (χ3n) is 5.19. The number of hydrogen-bond acceptors (Lipinski definition) is 5. The first-order chi connectivity index (χ1) is 14.6. The topological polar surface area (TPSA) is 101 Å². The van der Waals surface area contributed by atoms with Gasteiger partial charge in [0.1, 0.15) is 5.82 Å². The fourth-order valence-electron chi connectivity index (χ4n) is 3.40. The second-order valence-electron chi connectivity index (χ2n) is 7.24. The number of piperazine rings is 1. The van der Waals surface area contributed by atoms with Crippen molar-refractivity contribution in [2.75, 3.05) is 26.2 Å². The van der Waals surface area contributed by atoms with E-state index in [1.54, 1.807) is 32.0 Å². The molecule has 0 aromatic heterocycles. The highest BCUT2D eigenvalue weighted by molar-refractivity contribution is 7.89. The molecule has 0 bridgehead atoms. The van der Waals surface area contributed by atoms with E-state index < -0.39 is 20.8 Å². The van der Waals surface area contributed by atoms with Crippen molar-refractivity contribution < 1.29 is 22.5 Å². The van der Waals surface area contributed by atoms with E-state index in [0.29, 0.717) is 16.7 Å². The standard InChI is InChI=1S/C21H22FN3O5S/c1-15-7-8-17(25(27)28)14-20(15)31(29,30)24-11-9-23(10-12-24)21(26)13-16(2)18-5-3-4-6-19(18)22/h3-8,13-14H,9-12H2,1-2H3. The summed E-state index contributed by atoms with van der Waals surface area (Å²) in [5.74, 6) is -0.753. The number of non-ortho nitro benzene ring substituents is 1. The van der Waals surface area contributed by atoms with Crippen LogP contribution < -0.4 is 0 Å². The first-order valence-electron chi connectivity index (χ1n) is 9.58. The number of halogens is 1. The van der Waals surface area contributed by atoms with Crippen molar-refractivity contribution in [3.05, 3.63) is 75.6 Å². The van der Waals surface area contributed by atoms with Gasteiger partial charge in [0, 0.05) is 50.0 Å². The normalized spacial score (nSPS) is 15.7. The number of rotatable bonds is 5. The maximum Gasteiger partial charge on any atom is 0.270 e. The lowest BCUT2D eigenvalue weighted by Crippen LogP contribution is -2.50. The Kier molecular flexibility index (Phi) is 6.51. The van der Waals surface area contributed by atoms with Crippen molar-refractivity contribution in [2.24, 2.45) is 0 Å². The number of sulfonamides is 1. The van der Waals surface area contributed by atoms with Crippen molar-refractivity contribution in [3.8, 4) is 0 Å². The molecule has 8 nitrogen and oxygen atoms in total. The first-order valence-corrected chi connectivity index (χ1v) is 11.0. The van der Waals surface area contributed by atoms with Crippen molar-refractivity contribution in [2.45, 2.75) is 18.7 Å². The number of carbonyl (C=O) groups is 1. The molecule has 1 saturated heterocycles. The number of nitro groups is 1. The van der Waals surface area contributed by atoms with Crippen LogP contribution in [0.15, 0.2) is 53.4 Å². The number of benzene rings is 2. The zero-order valence-electron chi connectivity index (χ0n) is 17.1. The number of amides is 1. The van der Waals surface area contributed by atoms with Crippen LogP contribution in [0.1, 0.15) is 18.1 Å². The summed E-state index contributed by atoms with van der Waals surface area (Å²) in [5.41, 5.74) is 0.919. The third kappa shape index (κ3) is 4.80. The number of hydrogen-bond donors (Lipinski definition) is 0. The minimum absolute atomic E-state index is 0.0583. The van der Waals surface area contributed by atoms with Crippen LogP contribution in [0, 0.1) is 22.9 Å². The second-order valence-corrected chi connectivity index (χ2v) is 9.15. The van der Waals surface area contributed by atoms with Gasteiger partial charge in [-0.3, -0.25) is 14.9 Å². The Bertz CT molecular complexity index is 1160. The number of allylic oxidation sites excluding steroid dienone is 1. The molecule has 0 spiro atoms. The molecule has 10 heteroatoms. The Balaban J connectivity index is 1.72. The number of nitrogens with zero attached hydrogens (tertiary/aromatic N) is 3. The second kappa shape index (κ2) is 8.94. The van der Waals surface area contributed by atoms with E-state index in [1.165, 1.54) is 33.5 Å². The van der Waals surface area contributed by atoms with Gasteiger partial charge in [-0.05, 0) is 31.1 Å². The van der Waals surface area contributed by atoms with Crippen molar-refractivity contribution in [1.29, 1.82) is 0 Å². The van der Waals surface area contributed by atoms with E-state index >= 15 is 0 Å². The summed E-state index contributed by atoms with van der Waals surface area (Å²) in [7, 11) is -3.94. The van der Waals surface area contributed by atoms with Gasteiger partial charge >= 0.3 is 0 Å². The molecule has 164 valence electrons. The molecule has 3 rings (SSSR count). The van der Waals surface area contributed by atoms with Crippen LogP contribution in [-0.2, 0) is 14.8 Å². The van der Waals surface area contributed by atoms with Gasteiger partial charge in [0.05, 0.1) is 9.82 Å². The summed E-state index contributed by atoms with van der Waals surface area (Å²) in [5, 5.41) is 11.0. The maximum absolute atomic E-state index is 13.9. The van der Waals surface area contributed by atoms with Gasteiger partial charge in [-0.1, -0.05) is 24.3 Å². The van der Waals surface area contributed by atoms with Crippen LogP contribution >= 0.6 is 0 Å². The van der Waals surface area contributed by atoms with Gasteiger partial charge in [-0.25, -0.2) is 12.8 Å². The highest BCUT2D eigenvalue weighted by Gasteiger charge is 2.31. The largest absolute Gasteiger partial charge is 0.337 e. The van der Waals surface area contributed by atoms with E-state index in [4.69, 9.17) is 0 Å². The molecule has 2 aromatic carbocycles. The van der Waals surface area contributed by atoms with Gasteiger partial charge in [0.2, 0.25) is 15.9 Å². The molecule has 0 unspecified atom stereocenters. The molecule has 1 aliphatic heterocycles. The summed E-state index contributed by atoms with van der Waals surface area (Å²) in [6.07, 6.45) is 1.34. The lowest BCUT2D eigenvalue weighted by Gasteiger charge is -2.33. The predicted molar refractivity (Wildman–Crippen MR) is 113 cm³/mol. The lowest BCUT2D eigenvalue weighted by molar-refractivity contribution is -0.385. The van der Waals surface area contributed by atoms with Gasteiger partial charge < -0.3 is 4.90 Å². The Morgan fingerprint density at radius 1 is 1.13 bits per heavy atom. The Morgan fingerprint density at radius 3 is 2.39 bits per heavy atom. The SMILES string of the molecule is CC(=CC(=O)N1CCN(S(=O)(=O)c2cc([N+](=O)[O-])ccc2C)CC1)c1ccccc1F. The van der Waals surface area contributed by atoms with Gasteiger partial charge in [0.15, 0.2) is 0 Å². The number of nitro benzene ring substituents is 1. The molecular formula is C21H22FN3O5S. The van der Waals surface area contributed by atoms with Crippen molar-refractivity contribution in [3.63, 3.8) is 0 Å². The Hall–Kier alpha value is -3.11. The molecule has 0 saturated carbocycles. The summed E-state index contributed by atoms with van der Waals surface area (Å²) in [4.78, 5) is 24.3. The van der Waals surface area contributed by atoms with Crippen LogP contribution in [0.3, 0.4) is 0 Å². The Labute approximate surface area is 179 Å². The smallest absolute Gasteiger partial charge is 0.270 e. The van der Waals surface area contributed by atoms with Crippen LogP contribution in [0.25, 0.3) is 5.57 Å². The molecule has 1 amide bonds. The fraction of sp³-hybridized carbons (Fsp3) is 0.286. The van der Waals surface area contributed by atoms with E-state index in [9.17, 15) is 27.7 Å². The fourth-order valence-corrected chi connectivity index (χ4v) is 5.07. The molecule has 0 aliphatic carbocycles. The first kappa shape index (κ1) is 22.6. The molecule has 2 aromatic rings. The number of carbonyl (C=O) groups excluding carboxylic acids is 1. The summed E-state index contributed by atoms with van der Waals surface area (Å²) >= 11 is 0. The van der Waals surface area contributed by atoms with Gasteiger partial charge in [-0.15, -0.1) is 0 Å². The summed E-state index contributed by atoms with van der Waals surface area (Å²) < 4.78 is 41.1. The van der Waals surface area contributed by atoms with E-state index in [2.05, 4.69) is 0 Å². The minimum atomic E-state index is -3.94. The average Bonchev–Trinajstić information content (AvgIpc) is 2.74. The van der Waals surface area contributed by atoms with Crippen LogP contribution in [-0.4, -0.2) is 54.6 Å².